The lowest BCUT2D eigenvalue weighted by atomic mass is 10.2. The van der Waals surface area contributed by atoms with Crippen molar-refractivity contribution in [2.45, 2.75) is 16.7 Å². The predicted octanol–water partition coefficient (Wildman–Crippen LogP) is 3.14. The number of aryl methyl sites for hydroxylation is 1. The van der Waals surface area contributed by atoms with Crippen LogP contribution in [-0.2, 0) is 24.8 Å². The minimum atomic E-state index is -3.95. The van der Waals surface area contributed by atoms with Crippen LogP contribution >= 0.6 is 15.9 Å². The molecule has 11 nitrogen and oxygen atoms in total. The highest BCUT2D eigenvalue weighted by molar-refractivity contribution is 9.10. The van der Waals surface area contributed by atoms with Crippen molar-refractivity contribution in [1.82, 2.24) is 0 Å². The van der Waals surface area contributed by atoms with E-state index in [1.54, 1.807) is 18.2 Å². The zero-order chi connectivity index (χ0) is 26.5. The standard InChI is InChI=1S/C22H19BrN6O5S2/c1-14-5-10-19(23)20(11-14)29-36(33,34)18-4-2-3-16(12-18)27-28-21(13-24)22(30)26-15-6-8-17(9-7-15)35(25,31)32/h2-12,27,29H,1H3,(H,26,30)(H2,25,31,32)/b28-21+. The smallest absolute Gasteiger partial charge is 0.287 e. The molecular weight excluding hydrogens is 572 g/mol. The summed E-state index contributed by atoms with van der Waals surface area (Å²) in [6.07, 6.45) is 0. The summed E-state index contributed by atoms with van der Waals surface area (Å²) in [5.41, 5.74) is 3.59. The van der Waals surface area contributed by atoms with Crippen molar-refractivity contribution in [2.75, 3.05) is 15.5 Å². The maximum atomic E-state index is 12.9. The van der Waals surface area contributed by atoms with Gasteiger partial charge in [0, 0.05) is 10.2 Å². The van der Waals surface area contributed by atoms with Crippen LogP contribution in [-0.4, -0.2) is 28.5 Å². The van der Waals surface area contributed by atoms with Crippen LogP contribution in [0.25, 0.3) is 0 Å². The first-order valence-electron chi connectivity index (χ1n) is 9.96. The van der Waals surface area contributed by atoms with E-state index in [1.165, 1.54) is 48.5 Å². The molecule has 186 valence electrons. The zero-order valence-corrected chi connectivity index (χ0v) is 21.8. The highest BCUT2D eigenvalue weighted by Crippen LogP contribution is 2.27. The number of anilines is 3. The van der Waals surface area contributed by atoms with E-state index < -0.39 is 31.7 Å². The molecule has 14 heteroatoms. The second-order valence-corrected chi connectivity index (χ2v) is 11.4. The van der Waals surface area contributed by atoms with Crippen molar-refractivity contribution in [3.8, 4) is 6.07 Å². The molecule has 0 aliphatic heterocycles. The van der Waals surface area contributed by atoms with Gasteiger partial charge in [-0.05, 0) is 83.0 Å². The molecule has 36 heavy (non-hydrogen) atoms. The van der Waals surface area contributed by atoms with Crippen molar-refractivity contribution in [2.24, 2.45) is 10.2 Å². The fourth-order valence-corrected chi connectivity index (χ4v) is 4.93. The Balaban J connectivity index is 1.74. The summed E-state index contributed by atoms with van der Waals surface area (Å²) in [5.74, 6) is -0.872. The van der Waals surface area contributed by atoms with Crippen molar-refractivity contribution < 1.29 is 21.6 Å². The molecule has 0 aromatic heterocycles. The third kappa shape index (κ3) is 6.89. The SMILES string of the molecule is Cc1ccc(Br)c(NS(=O)(=O)c2cccc(N/N=C(\C#N)C(=O)Nc3ccc(S(N)(=O)=O)cc3)c2)c1. The summed E-state index contributed by atoms with van der Waals surface area (Å²) in [5, 5.41) is 20.5. The summed E-state index contributed by atoms with van der Waals surface area (Å²) < 4.78 is 51.4. The summed E-state index contributed by atoms with van der Waals surface area (Å²) in [6.45, 7) is 1.83. The number of primary sulfonamides is 1. The number of amides is 1. The average Bonchev–Trinajstić information content (AvgIpc) is 2.81. The summed E-state index contributed by atoms with van der Waals surface area (Å²) in [6, 6.07) is 17.5. The number of hydrogen-bond acceptors (Lipinski definition) is 8. The third-order valence-corrected chi connectivity index (χ3v) is 7.55. The highest BCUT2D eigenvalue weighted by Gasteiger charge is 2.17. The molecule has 0 heterocycles. The molecule has 0 spiro atoms. The number of benzene rings is 3. The molecule has 0 saturated carbocycles. The number of sulfonamides is 2. The number of rotatable bonds is 8. The average molecular weight is 591 g/mol. The molecule has 3 aromatic rings. The van der Waals surface area contributed by atoms with Gasteiger partial charge in [0.15, 0.2) is 0 Å². The minimum Gasteiger partial charge on any atom is -0.320 e. The molecule has 3 rings (SSSR count). The Morgan fingerprint density at radius 2 is 1.67 bits per heavy atom. The van der Waals surface area contributed by atoms with E-state index in [0.717, 1.165) is 5.56 Å². The Kier molecular flexibility index (Phi) is 8.10. The van der Waals surface area contributed by atoms with E-state index in [-0.39, 0.29) is 21.2 Å². The van der Waals surface area contributed by atoms with Crippen molar-refractivity contribution in [3.63, 3.8) is 0 Å². The Hall–Kier alpha value is -3.77. The predicted molar refractivity (Wildman–Crippen MR) is 139 cm³/mol. The first-order valence-corrected chi connectivity index (χ1v) is 13.8. The number of nitrogens with two attached hydrogens (primary N) is 1. The molecule has 5 N–H and O–H groups in total. The number of nitriles is 1. The lowest BCUT2D eigenvalue weighted by Crippen LogP contribution is -2.22. The number of halogens is 1. The van der Waals surface area contributed by atoms with Gasteiger partial charge >= 0.3 is 0 Å². The van der Waals surface area contributed by atoms with E-state index in [0.29, 0.717) is 10.2 Å². The molecule has 0 unspecified atom stereocenters. The first-order chi connectivity index (χ1) is 16.9. The van der Waals surface area contributed by atoms with Gasteiger partial charge in [0.1, 0.15) is 6.07 Å². The summed E-state index contributed by atoms with van der Waals surface area (Å²) in [7, 11) is -7.85. The summed E-state index contributed by atoms with van der Waals surface area (Å²) >= 11 is 3.31. The highest BCUT2D eigenvalue weighted by atomic mass is 79.9. The van der Waals surface area contributed by atoms with Gasteiger partial charge in [0.05, 0.1) is 21.2 Å². The first kappa shape index (κ1) is 26.8. The van der Waals surface area contributed by atoms with Crippen LogP contribution in [0, 0.1) is 18.3 Å². The number of carbonyl (C=O) groups excluding carboxylic acids is 1. The molecule has 0 aliphatic rings. The van der Waals surface area contributed by atoms with Crippen LogP contribution in [0.1, 0.15) is 5.56 Å². The molecule has 0 aliphatic carbocycles. The van der Waals surface area contributed by atoms with E-state index in [4.69, 9.17) is 5.14 Å². The van der Waals surface area contributed by atoms with Crippen LogP contribution in [0.3, 0.4) is 0 Å². The van der Waals surface area contributed by atoms with Gasteiger partial charge in [-0.25, -0.2) is 22.0 Å². The fraction of sp³-hybridized carbons (Fsp3) is 0.0455. The zero-order valence-electron chi connectivity index (χ0n) is 18.6. The lowest BCUT2D eigenvalue weighted by molar-refractivity contribution is -0.110. The summed E-state index contributed by atoms with van der Waals surface area (Å²) in [4.78, 5) is 12.2. The largest absolute Gasteiger partial charge is 0.320 e. The number of hydrazone groups is 1. The number of nitrogens with one attached hydrogen (secondary N) is 3. The maximum absolute atomic E-state index is 12.9. The molecule has 0 atom stereocenters. The molecule has 0 bridgehead atoms. The monoisotopic (exact) mass is 590 g/mol. The minimum absolute atomic E-state index is 0.0750. The Bertz CT molecular complexity index is 1600. The third-order valence-electron chi connectivity index (χ3n) is 4.57. The van der Waals surface area contributed by atoms with Crippen molar-refractivity contribution in [3.05, 3.63) is 76.8 Å². The Labute approximate surface area is 216 Å². The van der Waals surface area contributed by atoms with Gasteiger partial charge in [-0.3, -0.25) is 14.9 Å². The van der Waals surface area contributed by atoms with Gasteiger partial charge in [0.25, 0.3) is 15.9 Å². The van der Waals surface area contributed by atoms with Gasteiger partial charge in [-0.1, -0.05) is 12.1 Å². The van der Waals surface area contributed by atoms with Crippen molar-refractivity contribution >= 4 is 64.7 Å². The van der Waals surface area contributed by atoms with E-state index in [9.17, 15) is 26.9 Å². The number of carbonyl (C=O) groups is 1. The van der Waals surface area contributed by atoms with Gasteiger partial charge in [-0.2, -0.15) is 10.4 Å². The van der Waals surface area contributed by atoms with E-state index in [1.807, 2.05) is 13.0 Å². The molecule has 0 saturated heterocycles. The second kappa shape index (κ2) is 10.9. The quantitative estimate of drug-likeness (QED) is 0.229. The van der Waals surface area contributed by atoms with E-state index >= 15 is 0 Å². The Morgan fingerprint density at radius 1 is 0.972 bits per heavy atom. The fourth-order valence-electron chi connectivity index (χ4n) is 2.82. The van der Waals surface area contributed by atoms with Gasteiger partial charge < -0.3 is 5.32 Å². The number of nitrogens with zero attached hydrogens (tertiary/aromatic N) is 2. The normalized spacial score (nSPS) is 11.9. The molecule has 1 amide bonds. The second-order valence-electron chi connectivity index (χ2n) is 7.32. The topological polar surface area (TPSA) is 184 Å². The van der Waals surface area contributed by atoms with Crippen LogP contribution in [0.2, 0.25) is 0 Å². The van der Waals surface area contributed by atoms with E-state index in [2.05, 4.69) is 36.5 Å². The number of hydrogen-bond donors (Lipinski definition) is 4. The van der Waals surface area contributed by atoms with Crippen molar-refractivity contribution in [1.29, 1.82) is 5.26 Å². The molecule has 0 radical (unpaired) electrons. The van der Waals surface area contributed by atoms with Crippen LogP contribution in [0.5, 0.6) is 0 Å². The molecular formula is C22H19BrN6O5S2. The van der Waals surface area contributed by atoms with Crippen LogP contribution in [0.15, 0.2) is 86.1 Å². The van der Waals surface area contributed by atoms with Gasteiger partial charge in [0.2, 0.25) is 15.7 Å². The lowest BCUT2D eigenvalue weighted by Gasteiger charge is -2.11. The Morgan fingerprint density at radius 3 is 2.31 bits per heavy atom. The van der Waals surface area contributed by atoms with Crippen LogP contribution in [0.4, 0.5) is 17.1 Å². The maximum Gasteiger partial charge on any atom is 0.287 e. The molecule has 3 aromatic carbocycles. The molecule has 0 fully saturated rings. The van der Waals surface area contributed by atoms with Gasteiger partial charge in [-0.15, -0.1) is 0 Å². The van der Waals surface area contributed by atoms with Crippen LogP contribution < -0.4 is 20.6 Å².